The highest BCUT2D eigenvalue weighted by molar-refractivity contribution is 7.17. The van der Waals surface area contributed by atoms with Crippen molar-refractivity contribution in [2.75, 3.05) is 50.0 Å². The average Bonchev–Trinajstić information content (AvgIpc) is 3.25. The monoisotopic (exact) mass is 487 g/mol. The minimum atomic E-state index is -0.271. The zero-order valence-corrected chi connectivity index (χ0v) is 20.1. The number of halogens is 1. The molecule has 0 aliphatic carbocycles. The van der Waals surface area contributed by atoms with Crippen molar-refractivity contribution < 1.29 is 9.53 Å². The number of aryl methyl sites for hydroxylation is 2. The van der Waals surface area contributed by atoms with Gasteiger partial charge in [-0.05, 0) is 25.5 Å². The van der Waals surface area contributed by atoms with Crippen LogP contribution in [-0.4, -0.2) is 65.1 Å². The number of para-hydroxylation sites is 1. The zero-order valence-electron chi connectivity index (χ0n) is 18.5. The predicted octanol–water partition coefficient (Wildman–Crippen LogP) is 3.48. The minimum Gasteiger partial charge on any atom is -0.476 e. The molecule has 1 fully saturated rings. The van der Waals surface area contributed by atoms with Crippen LogP contribution in [0.2, 0.25) is 5.02 Å². The summed E-state index contributed by atoms with van der Waals surface area (Å²) >= 11 is 7.44. The maximum absolute atomic E-state index is 12.7. The Balaban J connectivity index is 1.36. The van der Waals surface area contributed by atoms with Crippen LogP contribution in [0.4, 0.5) is 16.6 Å². The molecule has 1 saturated heterocycles. The second kappa shape index (κ2) is 10.9. The largest absolute Gasteiger partial charge is 0.476 e. The normalized spacial score (nSPS) is 14.2. The molecular formula is C22H26ClN7O2S. The molecule has 4 rings (SSSR count). The van der Waals surface area contributed by atoms with Crippen molar-refractivity contribution in [3.05, 3.63) is 51.7 Å². The molecule has 0 spiro atoms. The zero-order chi connectivity index (χ0) is 23.2. The number of aromatic nitrogens is 3. The Morgan fingerprint density at radius 1 is 1.27 bits per heavy atom. The van der Waals surface area contributed by atoms with E-state index in [1.54, 1.807) is 19.1 Å². The highest BCUT2D eigenvalue weighted by Crippen LogP contribution is 2.28. The molecule has 0 saturated carbocycles. The molecular weight excluding hydrogens is 462 g/mol. The number of amides is 1. The van der Waals surface area contributed by atoms with Crippen molar-refractivity contribution in [2.45, 2.75) is 13.8 Å². The number of benzene rings is 1. The van der Waals surface area contributed by atoms with Crippen molar-refractivity contribution >= 4 is 45.5 Å². The summed E-state index contributed by atoms with van der Waals surface area (Å²) in [6.07, 6.45) is 1.52. The molecule has 1 aliphatic heterocycles. The Morgan fingerprint density at radius 3 is 2.88 bits per heavy atom. The van der Waals surface area contributed by atoms with Gasteiger partial charge in [0.1, 0.15) is 23.1 Å². The molecule has 0 atom stereocenters. The van der Waals surface area contributed by atoms with Gasteiger partial charge in [0, 0.05) is 38.8 Å². The summed E-state index contributed by atoms with van der Waals surface area (Å²) in [5.41, 5.74) is 1.49. The van der Waals surface area contributed by atoms with E-state index < -0.39 is 0 Å². The number of nitrogens with zero attached hydrogens (tertiary/aromatic N) is 4. The molecule has 1 aliphatic rings. The number of carbonyl (C=O) groups excluding carboxylic acids is 1. The summed E-state index contributed by atoms with van der Waals surface area (Å²) in [5, 5.41) is 10.4. The molecule has 3 heterocycles. The van der Waals surface area contributed by atoms with Gasteiger partial charge in [0.15, 0.2) is 5.13 Å². The third-order valence-corrected chi connectivity index (χ3v) is 6.33. The van der Waals surface area contributed by atoms with E-state index in [0.29, 0.717) is 44.8 Å². The van der Waals surface area contributed by atoms with E-state index in [4.69, 9.17) is 16.3 Å². The van der Waals surface area contributed by atoms with E-state index in [1.807, 2.05) is 19.1 Å². The second-order valence-electron chi connectivity index (χ2n) is 7.62. The van der Waals surface area contributed by atoms with Crippen LogP contribution in [0, 0.1) is 13.8 Å². The van der Waals surface area contributed by atoms with Gasteiger partial charge in [-0.3, -0.25) is 9.69 Å². The second-order valence-corrected chi connectivity index (χ2v) is 9.06. The van der Waals surface area contributed by atoms with E-state index >= 15 is 0 Å². The van der Waals surface area contributed by atoms with Gasteiger partial charge in [0.25, 0.3) is 5.91 Å². The summed E-state index contributed by atoms with van der Waals surface area (Å²) in [6, 6.07) is 7.21. The van der Waals surface area contributed by atoms with Crippen molar-refractivity contribution in [2.24, 2.45) is 0 Å². The van der Waals surface area contributed by atoms with E-state index in [-0.39, 0.29) is 5.91 Å². The van der Waals surface area contributed by atoms with Gasteiger partial charge in [-0.2, -0.15) is 4.98 Å². The Kier molecular flexibility index (Phi) is 7.71. The smallest absolute Gasteiger partial charge is 0.267 e. The number of anilines is 3. The lowest BCUT2D eigenvalue weighted by molar-refractivity contribution is 0.103. The number of rotatable bonds is 8. The van der Waals surface area contributed by atoms with Crippen LogP contribution in [0.25, 0.3) is 0 Å². The molecule has 0 unspecified atom stereocenters. The van der Waals surface area contributed by atoms with Crippen LogP contribution in [-0.2, 0) is 0 Å². The third kappa shape index (κ3) is 6.38. The third-order valence-electron chi connectivity index (χ3n) is 5.11. The van der Waals surface area contributed by atoms with E-state index in [0.717, 1.165) is 38.3 Å². The molecule has 2 aromatic heterocycles. The maximum atomic E-state index is 12.7. The number of hydrogen-bond acceptors (Lipinski definition) is 9. The lowest BCUT2D eigenvalue weighted by Gasteiger charge is -2.26. The Morgan fingerprint density at radius 2 is 2.09 bits per heavy atom. The van der Waals surface area contributed by atoms with Crippen LogP contribution in [0.5, 0.6) is 5.88 Å². The number of ether oxygens (including phenoxy) is 1. The van der Waals surface area contributed by atoms with E-state index in [9.17, 15) is 4.79 Å². The Labute approximate surface area is 201 Å². The van der Waals surface area contributed by atoms with Crippen molar-refractivity contribution in [3.8, 4) is 5.88 Å². The fourth-order valence-electron chi connectivity index (χ4n) is 3.40. The van der Waals surface area contributed by atoms with Gasteiger partial charge in [0.2, 0.25) is 5.88 Å². The first-order valence-corrected chi connectivity index (χ1v) is 11.9. The Bertz CT molecular complexity index is 1100. The van der Waals surface area contributed by atoms with E-state index in [1.165, 1.54) is 17.5 Å². The van der Waals surface area contributed by atoms with Gasteiger partial charge < -0.3 is 20.7 Å². The van der Waals surface area contributed by atoms with Crippen molar-refractivity contribution in [1.82, 2.24) is 25.2 Å². The first-order chi connectivity index (χ1) is 16.0. The number of hydrogen-bond donors (Lipinski definition) is 3. The van der Waals surface area contributed by atoms with Crippen LogP contribution in [0.3, 0.4) is 0 Å². The number of nitrogens with one attached hydrogen (secondary N) is 3. The molecule has 11 heteroatoms. The van der Waals surface area contributed by atoms with Crippen LogP contribution < -0.4 is 20.7 Å². The SMILES string of the molecule is Cc1nc(Nc2ncc(C(=O)Nc3c(C)cccc3Cl)s2)cc(OCCN2CCNCC2)n1. The van der Waals surface area contributed by atoms with Crippen molar-refractivity contribution in [1.29, 1.82) is 0 Å². The molecule has 33 heavy (non-hydrogen) atoms. The minimum absolute atomic E-state index is 0.271. The lowest BCUT2D eigenvalue weighted by Crippen LogP contribution is -2.44. The number of piperazine rings is 1. The topological polar surface area (TPSA) is 104 Å². The highest BCUT2D eigenvalue weighted by atomic mass is 35.5. The van der Waals surface area contributed by atoms with Gasteiger partial charge in [-0.15, -0.1) is 0 Å². The van der Waals surface area contributed by atoms with Gasteiger partial charge in [0.05, 0.1) is 16.9 Å². The molecule has 1 amide bonds. The first kappa shape index (κ1) is 23.4. The lowest BCUT2D eigenvalue weighted by atomic mass is 10.2. The van der Waals surface area contributed by atoms with E-state index in [2.05, 4.69) is 35.8 Å². The summed E-state index contributed by atoms with van der Waals surface area (Å²) in [4.78, 5) is 28.5. The first-order valence-electron chi connectivity index (χ1n) is 10.7. The summed E-state index contributed by atoms with van der Waals surface area (Å²) in [7, 11) is 0. The fraction of sp³-hybridized carbons (Fsp3) is 0.364. The average molecular weight is 488 g/mol. The highest BCUT2D eigenvalue weighted by Gasteiger charge is 2.15. The molecule has 0 bridgehead atoms. The molecule has 1 aromatic carbocycles. The Hall–Kier alpha value is -2.79. The van der Waals surface area contributed by atoms with Crippen molar-refractivity contribution in [3.63, 3.8) is 0 Å². The van der Waals surface area contributed by atoms with Gasteiger partial charge in [-0.25, -0.2) is 9.97 Å². The molecule has 174 valence electrons. The van der Waals surface area contributed by atoms with Gasteiger partial charge >= 0.3 is 0 Å². The van der Waals surface area contributed by atoms with Crippen LogP contribution >= 0.6 is 22.9 Å². The molecule has 3 N–H and O–H groups in total. The standard InChI is InChI=1S/C22H26ClN7O2S/c1-14-4-3-5-16(23)20(14)29-21(31)17-13-25-22(33-17)28-18-12-19(27-15(2)26-18)32-11-10-30-8-6-24-7-9-30/h3-5,12-13,24H,6-11H2,1-2H3,(H,29,31)(H,25,26,27,28). The summed E-state index contributed by atoms with van der Waals surface area (Å²) in [6.45, 7) is 9.16. The maximum Gasteiger partial charge on any atom is 0.267 e. The van der Waals surface area contributed by atoms with Crippen LogP contribution in [0.15, 0.2) is 30.5 Å². The van der Waals surface area contributed by atoms with Crippen LogP contribution in [0.1, 0.15) is 21.1 Å². The number of carbonyl (C=O) groups is 1. The number of thiazole rings is 1. The predicted molar refractivity (Wildman–Crippen MR) is 131 cm³/mol. The summed E-state index contributed by atoms with van der Waals surface area (Å²) < 4.78 is 5.85. The van der Waals surface area contributed by atoms with Gasteiger partial charge in [-0.1, -0.05) is 35.1 Å². The summed E-state index contributed by atoms with van der Waals surface area (Å²) in [5.74, 6) is 1.38. The quantitative estimate of drug-likeness (QED) is 0.443. The molecule has 3 aromatic rings. The molecule has 0 radical (unpaired) electrons. The molecule has 9 nitrogen and oxygen atoms in total. The fourth-order valence-corrected chi connectivity index (χ4v) is 4.39.